The van der Waals surface area contributed by atoms with Gasteiger partial charge in [-0.1, -0.05) is 29.8 Å². The van der Waals surface area contributed by atoms with Gasteiger partial charge in [0.05, 0.1) is 39.0 Å². The Hall–Kier alpha value is -2.04. The van der Waals surface area contributed by atoms with Crippen molar-refractivity contribution < 1.29 is 14.2 Å². The molecule has 1 atom stereocenters. The first-order chi connectivity index (χ1) is 14.7. The lowest BCUT2D eigenvalue weighted by Gasteiger charge is -2.34. The Labute approximate surface area is 201 Å². The highest BCUT2D eigenvalue weighted by Crippen LogP contribution is 2.32. The molecule has 2 heterocycles. The van der Waals surface area contributed by atoms with E-state index in [9.17, 15) is 0 Å². The Balaban J connectivity index is 0.00000272. The first-order valence-electron chi connectivity index (χ1n) is 10.5. The number of halogens is 1. The zero-order chi connectivity index (χ0) is 20.8. The lowest BCUT2D eigenvalue weighted by atomic mass is 10.0. The molecule has 2 aliphatic rings. The number of rotatable bonds is 5. The molecular formula is C23H31IN4O3. The van der Waals surface area contributed by atoms with E-state index in [-0.39, 0.29) is 30.0 Å². The predicted octanol–water partition coefficient (Wildman–Crippen LogP) is 3.57. The molecule has 0 spiro atoms. The molecule has 2 aliphatic heterocycles. The summed E-state index contributed by atoms with van der Waals surface area (Å²) in [5.41, 5.74) is 9.55. The van der Waals surface area contributed by atoms with Gasteiger partial charge < -0.3 is 25.3 Å². The lowest BCUT2D eigenvalue weighted by Crippen LogP contribution is -2.40. The Kier molecular flexibility index (Phi) is 8.79. The second-order valence-electron chi connectivity index (χ2n) is 7.64. The van der Waals surface area contributed by atoms with Crippen molar-refractivity contribution in [3.8, 4) is 11.5 Å². The standard InChI is InChI=1S/C23H30N4O3.HI/c1-17-4-2-5-18(14-17)20(27-8-12-28-13-9-27)16-25-23(24)26-19-6-7-21-22(15-19)30-11-3-10-29-21;/h2,4-7,14-15,20H,3,8-13,16H2,1H3,(H3,24,25,26);1H. The van der Waals surface area contributed by atoms with E-state index >= 15 is 0 Å². The highest BCUT2D eigenvalue weighted by atomic mass is 127. The number of hydrogen-bond donors (Lipinski definition) is 2. The van der Waals surface area contributed by atoms with Gasteiger partial charge in [-0.3, -0.25) is 9.89 Å². The van der Waals surface area contributed by atoms with Crippen LogP contribution in [0.2, 0.25) is 0 Å². The van der Waals surface area contributed by atoms with Crippen molar-refractivity contribution in [2.24, 2.45) is 10.7 Å². The molecule has 0 saturated carbocycles. The summed E-state index contributed by atoms with van der Waals surface area (Å²) in [5.74, 6) is 1.88. The Morgan fingerprint density at radius 1 is 1.06 bits per heavy atom. The van der Waals surface area contributed by atoms with Gasteiger partial charge in [-0.25, -0.2) is 0 Å². The maximum absolute atomic E-state index is 6.22. The summed E-state index contributed by atoms with van der Waals surface area (Å²) >= 11 is 0. The number of fused-ring (bicyclic) bond motifs is 1. The molecule has 0 aliphatic carbocycles. The molecule has 0 aromatic heterocycles. The first kappa shape index (κ1) is 23.6. The Morgan fingerprint density at radius 2 is 1.84 bits per heavy atom. The number of nitrogens with zero attached hydrogens (tertiary/aromatic N) is 2. The van der Waals surface area contributed by atoms with E-state index in [4.69, 9.17) is 19.9 Å². The summed E-state index contributed by atoms with van der Waals surface area (Å²) in [6, 6.07) is 14.5. The number of nitrogens with one attached hydrogen (secondary N) is 1. The molecule has 2 aromatic rings. The molecule has 3 N–H and O–H groups in total. The summed E-state index contributed by atoms with van der Waals surface area (Å²) in [7, 11) is 0. The number of nitrogens with two attached hydrogens (primary N) is 1. The normalized spacial score (nSPS) is 17.9. The maximum Gasteiger partial charge on any atom is 0.193 e. The number of hydrogen-bond acceptors (Lipinski definition) is 5. The van der Waals surface area contributed by atoms with Crippen molar-refractivity contribution in [1.29, 1.82) is 0 Å². The number of morpholine rings is 1. The zero-order valence-corrected chi connectivity index (χ0v) is 20.2. The van der Waals surface area contributed by atoms with Gasteiger partial charge in [-0.05, 0) is 24.6 Å². The van der Waals surface area contributed by atoms with Crippen molar-refractivity contribution >= 4 is 35.6 Å². The minimum absolute atomic E-state index is 0. The van der Waals surface area contributed by atoms with Crippen molar-refractivity contribution in [3.63, 3.8) is 0 Å². The van der Waals surface area contributed by atoms with Crippen LogP contribution in [0.4, 0.5) is 5.69 Å². The fourth-order valence-corrected chi connectivity index (χ4v) is 3.81. The molecule has 1 fully saturated rings. The van der Waals surface area contributed by atoms with Gasteiger partial charge in [0.25, 0.3) is 0 Å². The fraction of sp³-hybridized carbons (Fsp3) is 0.435. The van der Waals surface area contributed by atoms with Gasteiger partial charge in [0.2, 0.25) is 0 Å². The molecule has 2 aromatic carbocycles. The summed E-state index contributed by atoms with van der Waals surface area (Å²) in [6.45, 7) is 7.29. The number of anilines is 1. The molecule has 0 radical (unpaired) electrons. The van der Waals surface area contributed by atoms with E-state index in [0.29, 0.717) is 25.7 Å². The smallest absolute Gasteiger partial charge is 0.193 e. The maximum atomic E-state index is 6.22. The second-order valence-corrected chi connectivity index (χ2v) is 7.64. The third-order valence-electron chi connectivity index (χ3n) is 5.37. The van der Waals surface area contributed by atoms with Gasteiger partial charge in [0.15, 0.2) is 17.5 Å². The minimum Gasteiger partial charge on any atom is -0.490 e. The largest absolute Gasteiger partial charge is 0.490 e. The van der Waals surface area contributed by atoms with Crippen LogP contribution in [0.3, 0.4) is 0 Å². The SMILES string of the molecule is Cc1cccc(C(CN=C(N)Nc2ccc3c(c2)OCCCO3)N2CCOCC2)c1.I. The molecule has 31 heavy (non-hydrogen) atoms. The molecular weight excluding hydrogens is 507 g/mol. The van der Waals surface area contributed by atoms with Gasteiger partial charge in [0, 0.05) is 31.3 Å². The lowest BCUT2D eigenvalue weighted by molar-refractivity contribution is 0.0180. The summed E-state index contributed by atoms with van der Waals surface area (Å²) in [6.07, 6.45) is 0.878. The van der Waals surface area contributed by atoms with Crippen LogP contribution in [-0.4, -0.2) is 56.9 Å². The second kappa shape index (κ2) is 11.5. The Morgan fingerprint density at radius 3 is 2.61 bits per heavy atom. The van der Waals surface area contributed by atoms with Crippen LogP contribution in [0.25, 0.3) is 0 Å². The summed E-state index contributed by atoms with van der Waals surface area (Å²) in [4.78, 5) is 7.08. The molecule has 1 unspecified atom stereocenters. The average molecular weight is 538 g/mol. The van der Waals surface area contributed by atoms with Gasteiger partial charge in [-0.15, -0.1) is 24.0 Å². The molecule has 0 bridgehead atoms. The van der Waals surface area contributed by atoms with E-state index in [1.54, 1.807) is 0 Å². The predicted molar refractivity (Wildman–Crippen MR) is 134 cm³/mol. The molecule has 7 nitrogen and oxygen atoms in total. The van der Waals surface area contributed by atoms with Crippen LogP contribution in [0.15, 0.2) is 47.5 Å². The number of ether oxygens (including phenoxy) is 3. The molecule has 168 valence electrons. The third-order valence-corrected chi connectivity index (χ3v) is 5.37. The average Bonchev–Trinajstić information content (AvgIpc) is 3.00. The summed E-state index contributed by atoms with van der Waals surface area (Å²) < 4.78 is 17.0. The van der Waals surface area contributed by atoms with Gasteiger partial charge in [-0.2, -0.15) is 0 Å². The minimum atomic E-state index is 0. The van der Waals surface area contributed by atoms with E-state index in [0.717, 1.165) is 49.9 Å². The van der Waals surface area contributed by atoms with Crippen LogP contribution in [0, 0.1) is 6.92 Å². The first-order valence-corrected chi connectivity index (χ1v) is 10.5. The van der Waals surface area contributed by atoms with Crippen molar-refractivity contribution in [2.45, 2.75) is 19.4 Å². The zero-order valence-electron chi connectivity index (χ0n) is 17.9. The highest BCUT2D eigenvalue weighted by Gasteiger charge is 2.22. The number of guanidine groups is 1. The highest BCUT2D eigenvalue weighted by molar-refractivity contribution is 14.0. The number of benzene rings is 2. The van der Waals surface area contributed by atoms with Crippen molar-refractivity contribution in [3.05, 3.63) is 53.6 Å². The van der Waals surface area contributed by atoms with Crippen LogP contribution in [0.5, 0.6) is 11.5 Å². The van der Waals surface area contributed by atoms with E-state index < -0.39 is 0 Å². The van der Waals surface area contributed by atoms with Gasteiger partial charge in [0.1, 0.15) is 0 Å². The molecule has 1 saturated heterocycles. The molecule has 4 rings (SSSR count). The van der Waals surface area contributed by atoms with E-state index in [2.05, 4.69) is 46.4 Å². The third kappa shape index (κ3) is 6.47. The monoisotopic (exact) mass is 538 g/mol. The van der Waals surface area contributed by atoms with E-state index in [1.807, 2.05) is 18.2 Å². The number of aliphatic imine (C=N–C) groups is 1. The topological polar surface area (TPSA) is 81.3 Å². The van der Waals surface area contributed by atoms with E-state index in [1.165, 1.54) is 11.1 Å². The molecule has 8 heteroatoms. The quantitative estimate of drug-likeness (QED) is 0.344. The van der Waals surface area contributed by atoms with Crippen molar-refractivity contribution in [1.82, 2.24) is 4.90 Å². The van der Waals surface area contributed by atoms with Crippen LogP contribution >= 0.6 is 24.0 Å². The van der Waals surface area contributed by atoms with Crippen LogP contribution < -0.4 is 20.5 Å². The van der Waals surface area contributed by atoms with Crippen LogP contribution in [0.1, 0.15) is 23.6 Å². The Bertz CT molecular complexity index is 887. The van der Waals surface area contributed by atoms with Crippen molar-refractivity contribution in [2.75, 3.05) is 51.4 Å². The number of aryl methyl sites for hydroxylation is 1. The fourth-order valence-electron chi connectivity index (χ4n) is 3.81. The van der Waals surface area contributed by atoms with Gasteiger partial charge >= 0.3 is 0 Å². The molecule has 0 amide bonds. The van der Waals surface area contributed by atoms with Crippen LogP contribution in [-0.2, 0) is 4.74 Å². The summed E-state index contributed by atoms with van der Waals surface area (Å²) in [5, 5.41) is 3.18.